The number of likely N-dealkylation sites (N-methyl/N-ethyl adjacent to an activating group) is 2. The molecule has 6 aromatic rings. The quantitative estimate of drug-likeness (QED) is 0.155. The molecule has 2 aliphatic rings. The predicted molar refractivity (Wildman–Crippen MR) is 214 cm³/mol. The van der Waals surface area contributed by atoms with Crippen molar-refractivity contribution in [3.05, 3.63) is 144 Å². The summed E-state index contributed by atoms with van der Waals surface area (Å²) in [5, 5.41) is 0. The number of aromatic amines is 2. The van der Waals surface area contributed by atoms with Crippen LogP contribution < -0.4 is 0 Å². The molecule has 2 amide bonds. The Kier molecular flexibility index (Phi) is 10.6. The van der Waals surface area contributed by atoms with Gasteiger partial charge in [-0.05, 0) is 61.6 Å². The molecule has 56 heavy (non-hydrogen) atoms. The molecule has 4 unspecified atom stereocenters. The first-order chi connectivity index (χ1) is 27.3. The SMILES string of the molecule is CN(C)C(C(=O)N1CCOC1c1ncc(-c2ccc(-c3ccc(-c4cnc(C5OCCN5C(=O)C(c5ccccc5)N(C)C)[nH]4)cc3)cc2)[nH]1)c1ccccc1. The molecule has 4 atom stereocenters. The molecule has 2 saturated heterocycles. The minimum Gasteiger partial charge on any atom is -0.349 e. The van der Waals surface area contributed by atoms with E-state index in [0.29, 0.717) is 38.0 Å². The van der Waals surface area contributed by atoms with E-state index in [1.165, 1.54) is 0 Å². The van der Waals surface area contributed by atoms with Gasteiger partial charge in [-0.15, -0.1) is 0 Å². The molecule has 4 aromatic carbocycles. The monoisotopic (exact) mass is 750 g/mol. The summed E-state index contributed by atoms with van der Waals surface area (Å²) >= 11 is 0. The Hall–Kier alpha value is -5.92. The number of hydrogen-bond donors (Lipinski definition) is 2. The molecule has 12 heteroatoms. The summed E-state index contributed by atoms with van der Waals surface area (Å²) in [6.45, 7) is 1.87. The van der Waals surface area contributed by atoms with Gasteiger partial charge in [-0.3, -0.25) is 19.4 Å². The summed E-state index contributed by atoms with van der Waals surface area (Å²) in [5.41, 5.74) is 7.65. The normalized spacial score (nSPS) is 18.2. The summed E-state index contributed by atoms with van der Waals surface area (Å²) in [6, 6.07) is 35.3. The molecule has 4 heterocycles. The number of carbonyl (C=O) groups is 2. The van der Waals surface area contributed by atoms with E-state index in [1.54, 1.807) is 22.2 Å². The van der Waals surface area contributed by atoms with E-state index < -0.39 is 24.5 Å². The van der Waals surface area contributed by atoms with E-state index >= 15 is 0 Å². The smallest absolute Gasteiger partial charge is 0.246 e. The molecule has 0 bridgehead atoms. The summed E-state index contributed by atoms with van der Waals surface area (Å²) in [7, 11) is 7.66. The molecule has 2 aromatic heterocycles. The molecule has 2 N–H and O–H groups in total. The highest BCUT2D eigenvalue weighted by Crippen LogP contribution is 2.34. The largest absolute Gasteiger partial charge is 0.349 e. The van der Waals surface area contributed by atoms with Crippen molar-refractivity contribution in [1.29, 1.82) is 0 Å². The Morgan fingerprint density at radius 2 is 0.929 bits per heavy atom. The zero-order valence-electron chi connectivity index (χ0n) is 32.0. The number of hydrogen-bond acceptors (Lipinski definition) is 8. The van der Waals surface area contributed by atoms with Crippen molar-refractivity contribution in [3.8, 4) is 33.6 Å². The topological polar surface area (TPSA) is 123 Å². The van der Waals surface area contributed by atoms with E-state index in [4.69, 9.17) is 9.47 Å². The van der Waals surface area contributed by atoms with Gasteiger partial charge in [0.2, 0.25) is 11.8 Å². The van der Waals surface area contributed by atoms with Gasteiger partial charge in [0.1, 0.15) is 12.1 Å². The fraction of sp³-hybridized carbons (Fsp3) is 0.273. The maximum Gasteiger partial charge on any atom is 0.246 e. The van der Waals surface area contributed by atoms with Gasteiger partial charge < -0.3 is 29.2 Å². The standard InChI is InChI=1S/C44H46N8O4/c1-49(2)37(33-11-7-5-8-12-33)41(53)51-23-25-55-43(51)39-45-27-35(47-39)31-19-15-29(16-20-31)30-17-21-32(22-18-30)36-28-46-40(48-36)44-52(24-26-56-44)42(54)38(50(3)4)34-13-9-6-10-14-34/h5-22,27-28,37-38,43-44H,23-26H2,1-4H3,(H,45,47)(H,46,48). The number of amides is 2. The number of imidazole rings is 2. The molecule has 0 radical (unpaired) electrons. The summed E-state index contributed by atoms with van der Waals surface area (Å²) < 4.78 is 12.1. The second-order valence-electron chi connectivity index (χ2n) is 14.6. The third-order valence-corrected chi connectivity index (χ3v) is 10.5. The fourth-order valence-corrected chi connectivity index (χ4v) is 7.65. The third-order valence-electron chi connectivity index (χ3n) is 10.5. The molecule has 0 aliphatic carbocycles. The lowest BCUT2D eigenvalue weighted by Gasteiger charge is -2.30. The van der Waals surface area contributed by atoms with Gasteiger partial charge in [0.05, 0.1) is 37.0 Å². The molecule has 0 spiro atoms. The first-order valence-corrected chi connectivity index (χ1v) is 18.8. The van der Waals surface area contributed by atoms with E-state index in [1.807, 2.05) is 98.7 Å². The van der Waals surface area contributed by atoms with Crippen LogP contribution in [0.5, 0.6) is 0 Å². The third kappa shape index (κ3) is 7.39. The molecule has 0 saturated carbocycles. The number of benzene rings is 4. The van der Waals surface area contributed by atoms with Crippen LogP contribution in [-0.4, -0.2) is 106 Å². The van der Waals surface area contributed by atoms with Crippen LogP contribution in [0.15, 0.2) is 122 Å². The second kappa shape index (κ2) is 16.0. The Morgan fingerprint density at radius 1 is 0.571 bits per heavy atom. The van der Waals surface area contributed by atoms with Crippen LogP contribution in [0.1, 0.15) is 47.3 Å². The lowest BCUT2D eigenvalue weighted by Crippen LogP contribution is -2.40. The highest BCUT2D eigenvalue weighted by molar-refractivity contribution is 5.84. The van der Waals surface area contributed by atoms with E-state index in [-0.39, 0.29) is 11.8 Å². The van der Waals surface area contributed by atoms with Crippen molar-refractivity contribution in [1.82, 2.24) is 39.5 Å². The van der Waals surface area contributed by atoms with Crippen molar-refractivity contribution in [2.75, 3.05) is 54.5 Å². The van der Waals surface area contributed by atoms with Crippen molar-refractivity contribution < 1.29 is 19.1 Å². The van der Waals surface area contributed by atoms with Crippen LogP contribution in [0.2, 0.25) is 0 Å². The van der Waals surface area contributed by atoms with Crippen molar-refractivity contribution in [2.45, 2.75) is 24.5 Å². The predicted octanol–water partition coefficient (Wildman–Crippen LogP) is 6.45. The van der Waals surface area contributed by atoms with Crippen LogP contribution >= 0.6 is 0 Å². The Labute approximate surface area is 326 Å². The lowest BCUT2D eigenvalue weighted by atomic mass is 10.0. The summed E-state index contributed by atoms with van der Waals surface area (Å²) in [6.07, 6.45) is 2.40. The number of nitrogens with one attached hydrogen (secondary N) is 2. The first-order valence-electron chi connectivity index (χ1n) is 18.8. The molecule has 2 fully saturated rings. The van der Waals surface area contributed by atoms with Crippen molar-refractivity contribution in [2.24, 2.45) is 0 Å². The highest BCUT2D eigenvalue weighted by Gasteiger charge is 2.39. The number of carbonyl (C=O) groups excluding carboxylic acids is 2. The molecule has 12 nitrogen and oxygen atoms in total. The molecule has 286 valence electrons. The van der Waals surface area contributed by atoms with E-state index in [2.05, 4.69) is 68.5 Å². The van der Waals surface area contributed by atoms with Crippen LogP contribution in [0.3, 0.4) is 0 Å². The number of H-pyrrole nitrogens is 2. The van der Waals surface area contributed by atoms with Gasteiger partial charge in [0, 0.05) is 13.1 Å². The minimum absolute atomic E-state index is 0.0243. The Morgan fingerprint density at radius 3 is 1.29 bits per heavy atom. The Balaban J connectivity index is 0.930. The van der Waals surface area contributed by atoms with Gasteiger partial charge in [0.25, 0.3) is 0 Å². The maximum atomic E-state index is 13.8. The summed E-state index contributed by atoms with van der Waals surface area (Å²) in [4.78, 5) is 51.2. The number of ether oxygens (including phenoxy) is 2. The van der Waals surface area contributed by atoms with Gasteiger partial charge in [-0.2, -0.15) is 0 Å². The van der Waals surface area contributed by atoms with Crippen LogP contribution in [0, 0.1) is 0 Å². The van der Waals surface area contributed by atoms with Gasteiger partial charge in [-0.1, -0.05) is 109 Å². The Bertz CT molecular complexity index is 2090. The zero-order chi connectivity index (χ0) is 38.8. The minimum atomic E-state index is -0.589. The molecule has 8 rings (SSSR count). The lowest BCUT2D eigenvalue weighted by molar-refractivity contribution is -0.142. The van der Waals surface area contributed by atoms with Gasteiger partial charge >= 0.3 is 0 Å². The fourth-order valence-electron chi connectivity index (χ4n) is 7.65. The first kappa shape index (κ1) is 37.0. The van der Waals surface area contributed by atoms with Crippen LogP contribution in [0.25, 0.3) is 33.6 Å². The number of aromatic nitrogens is 4. The van der Waals surface area contributed by atoms with Crippen molar-refractivity contribution in [3.63, 3.8) is 0 Å². The molecule has 2 aliphatic heterocycles. The maximum absolute atomic E-state index is 13.8. The average molecular weight is 751 g/mol. The van der Waals surface area contributed by atoms with E-state index in [9.17, 15) is 9.59 Å². The average Bonchev–Trinajstić information content (AvgIpc) is 4.06. The number of rotatable bonds is 11. The van der Waals surface area contributed by atoms with Crippen LogP contribution in [-0.2, 0) is 19.1 Å². The van der Waals surface area contributed by atoms with Gasteiger partial charge in [0.15, 0.2) is 24.1 Å². The van der Waals surface area contributed by atoms with Crippen LogP contribution in [0.4, 0.5) is 0 Å². The zero-order valence-corrected chi connectivity index (χ0v) is 32.0. The summed E-state index contributed by atoms with van der Waals surface area (Å²) in [5.74, 6) is 1.15. The number of nitrogens with zero attached hydrogens (tertiary/aromatic N) is 6. The molecular formula is C44H46N8O4. The highest BCUT2D eigenvalue weighted by atomic mass is 16.5. The molecular weight excluding hydrogens is 705 g/mol. The van der Waals surface area contributed by atoms with Crippen molar-refractivity contribution >= 4 is 11.8 Å². The second-order valence-corrected chi connectivity index (χ2v) is 14.6. The van der Waals surface area contributed by atoms with E-state index in [0.717, 1.165) is 44.8 Å². The van der Waals surface area contributed by atoms with Gasteiger partial charge in [-0.25, -0.2) is 9.97 Å².